The third-order valence-corrected chi connectivity index (χ3v) is 4.23. The molecule has 3 heteroatoms. The monoisotopic (exact) mass is 225 g/mol. The molecule has 2 aliphatic rings. The molecule has 2 atom stereocenters. The number of rotatable bonds is 3. The summed E-state index contributed by atoms with van der Waals surface area (Å²) in [6.45, 7) is 12.2. The second-order valence-electron chi connectivity index (χ2n) is 5.81. The molecule has 0 saturated carbocycles. The van der Waals surface area contributed by atoms with E-state index in [1.54, 1.807) is 0 Å². The number of piperazine rings is 1. The van der Waals surface area contributed by atoms with Crippen molar-refractivity contribution in [2.75, 3.05) is 46.3 Å². The van der Waals surface area contributed by atoms with Crippen LogP contribution >= 0.6 is 0 Å². The highest BCUT2D eigenvalue weighted by atomic mass is 15.2. The Bertz CT molecular complexity index is 211. The molecule has 0 aliphatic carbocycles. The number of nitrogens with one attached hydrogen (secondary N) is 1. The first-order valence-corrected chi connectivity index (χ1v) is 6.82. The molecule has 0 aromatic heterocycles. The maximum absolute atomic E-state index is 3.43. The van der Waals surface area contributed by atoms with Crippen LogP contribution in [0.25, 0.3) is 0 Å². The molecule has 0 amide bonds. The van der Waals surface area contributed by atoms with Crippen LogP contribution in [0.1, 0.15) is 20.3 Å². The Hall–Kier alpha value is -0.120. The highest BCUT2D eigenvalue weighted by Crippen LogP contribution is 2.29. The molecule has 2 rings (SSSR count). The molecule has 0 aromatic rings. The highest BCUT2D eigenvalue weighted by Gasteiger charge is 2.34. The first-order chi connectivity index (χ1) is 7.68. The molecule has 0 unspecified atom stereocenters. The van der Waals surface area contributed by atoms with Gasteiger partial charge in [0.25, 0.3) is 0 Å². The Kier molecular flexibility index (Phi) is 4.22. The van der Waals surface area contributed by atoms with Gasteiger partial charge in [0.2, 0.25) is 0 Å². The van der Waals surface area contributed by atoms with E-state index < -0.39 is 0 Å². The Morgan fingerprint density at radius 1 is 1.19 bits per heavy atom. The van der Waals surface area contributed by atoms with Crippen molar-refractivity contribution < 1.29 is 0 Å². The summed E-state index contributed by atoms with van der Waals surface area (Å²) in [5.74, 6) is 1.68. The van der Waals surface area contributed by atoms with E-state index in [1.165, 1.54) is 45.7 Å². The smallest absolute Gasteiger partial charge is 0.0156 e. The molecule has 16 heavy (non-hydrogen) atoms. The van der Waals surface area contributed by atoms with Crippen LogP contribution in [0.2, 0.25) is 0 Å². The van der Waals surface area contributed by atoms with Gasteiger partial charge in [-0.15, -0.1) is 0 Å². The first-order valence-electron chi connectivity index (χ1n) is 6.82. The van der Waals surface area contributed by atoms with Gasteiger partial charge in [0.15, 0.2) is 0 Å². The maximum atomic E-state index is 3.43. The lowest BCUT2D eigenvalue weighted by atomic mass is 9.90. The Morgan fingerprint density at radius 2 is 1.88 bits per heavy atom. The quantitative estimate of drug-likeness (QED) is 0.769. The normalized spacial score (nSPS) is 33.8. The molecule has 0 aromatic carbocycles. The predicted octanol–water partition coefficient (Wildman–Crippen LogP) is 0.868. The van der Waals surface area contributed by atoms with Crippen LogP contribution in [-0.4, -0.2) is 62.2 Å². The van der Waals surface area contributed by atoms with Gasteiger partial charge in [-0.1, -0.05) is 13.8 Å². The summed E-state index contributed by atoms with van der Waals surface area (Å²) in [7, 11) is 2.29. The van der Waals surface area contributed by atoms with Gasteiger partial charge >= 0.3 is 0 Å². The number of likely N-dealkylation sites (tertiary alicyclic amines) is 1. The predicted molar refractivity (Wildman–Crippen MR) is 68.7 cm³/mol. The molecule has 0 radical (unpaired) electrons. The van der Waals surface area contributed by atoms with Gasteiger partial charge in [-0.05, 0) is 31.8 Å². The molecule has 0 bridgehead atoms. The van der Waals surface area contributed by atoms with E-state index in [1.807, 2.05) is 0 Å². The topological polar surface area (TPSA) is 18.5 Å². The van der Waals surface area contributed by atoms with Crippen LogP contribution in [0.4, 0.5) is 0 Å². The fourth-order valence-corrected chi connectivity index (χ4v) is 3.53. The number of hydrogen-bond acceptors (Lipinski definition) is 3. The fourth-order valence-electron chi connectivity index (χ4n) is 3.53. The average molecular weight is 225 g/mol. The van der Waals surface area contributed by atoms with Crippen LogP contribution < -0.4 is 5.32 Å². The zero-order valence-corrected chi connectivity index (χ0v) is 11.1. The van der Waals surface area contributed by atoms with Crippen molar-refractivity contribution >= 4 is 0 Å². The number of nitrogens with zero attached hydrogens (tertiary/aromatic N) is 2. The second-order valence-corrected chi connectivity index (χ2v) is 5.81. The molecule has 0 spiro atoms. The van der Waals surface area contributed by atoms with E-state index in [0.717, 1.165) is 17.9 Å². The minimum Gasteiger partial charge on any atom is -0.314 e. The van der Waals surface area contributed by atoms with E-state index in [-0.39, 0.29) is 0 Å². The van der Waals surface area contributed by atoms with Crippen LogP contribution in [0.3, 0.4) is 0 Å². The van der Waals surface area contributed by atoms with Crippen molar-refractivity contribution in [2.24, 2.45) is 11.8 Å². The molecule has 1 N–H and O–H groups in total. The molecule has 2 fully saturated rings. The molecular formula is C13H27N3. The minimum atomic E-state index is 0.792. The molecule has 2 heterocycles. The molecular weight excluding hydrogens is 198 g/mol. The van der Waals surface area contributed by atoms with E-state index >= 15 is 0 Å². The SMILES string of the molecule is CC(C)[C@@H]1[C@@H](CN2CCNCC2)CCN1C. The van der Waals surface area contributed by atoms with Crippen LogP contribution in [0.5, 0.6) is 0 Å². The number of hydrogen-bond donors (Lipinski definition) is 1. The van der Waals surface area contributed by atoms with Gasteiger partial charge in [-0.2, -0.15) is 0 Å². The summed E-state index contributed by atoms with van der Waals surface area (Å²) in [4.78, 5) is 5.22. The third-order valence-electron chi connectivity index (χ3n) is 4.23. The Labute approximate surface area is 100 Å². The fraction of sp³-hybridized carbons (Fsp3) is 1.00. The summed E-state index contributed by atoms with van der Waals surface area (Å²) in [6, 6.07) is 0.801. The van der Waals surface area contributed by atoms with Crippen molar-refractivity contribution in [2.45, 2.75) is 26.3 Å². The Morgan fingerprint density at radius 3 is 2.50 bits per heavy atom. The lowest BCUT2D eigenvalue weighted by molar-refractivity contribution is 0.152. The van der Waals surface area contributed by atoms with Crippen LogP contribution in [0, 0.1) is 11.8 Å². The average Bonchev–Trinajstić information content (AvgIpc) is 2.61. The van der Waals surface area contributed by atoms with Gasteiger partial charge in [-0.3, -0.25) is 0 Å². The van der Waals surface area contributed by atoms with Crippen molar-refractivity contribution in [1.82, 2.24) is 15.1 Å². The van der Waals surface area contributed by atoms with Gasteiger partial charge in [0.1, 0.15) is 0 Å². The van der Waals surface area contributed by atoms with Crippen molar-refractivity contribution in [1.29, 1.82) is 0 Å². The minimum absolute atomic E-state index is 0.792. The summed E-state index contributed by atoms with van der Waals surface area (Å²) >= 11 is 0. The van der Waals surface area contributed by atoms with Crippen molar-refractivity contribution in [3.63, 3.8) is 0 Å². The van der Waals surface area contributed by atoms with Gasteiger partial charge in [-0.25, -0.2) is 0 Å². The van der Waals surface area contributed by atoms with Gasteiger partial charge in [0.05, 0.1) is 0 Å². The second kappa shape index (κ2) is 5.48. The Balaban J connectivity index is 1.87. The molecule has 2 aliphatic heterocycles. The first kappa shape index (κ1) is 12.3. The maximum Gasteiger partial charge on any atom is 0.0156 e. The summed E-state index contributed by atoms with van der Waals surface area (Å²) in [5, 5.41) is 3.43. The summed E-state index contributed by atoms with van der Waals surface area (Å²) in [6.07, 6.45) is 1.39. The third kappa shape index (κ3) is 2.76. The van der Waals surface area contributed by atoms with Gasteiger partial charge < -0.3 is 15.1 Å². The standard InChI is InChI=1S/C13H27N3/c1-11(2)13-12(4-7-15(13)3)10-16-8-5-14-6-9-16/h11-14H,4-10H2,1-3H3/t12-,13-/m1/s1. The molecule has 94 valence electrons. The largest absolute Gasteiger partial charge is 0.314 e. The van der Waals surface area contributed by atoms with E-state index in [2.05, 4.69) is 36.0 Å². The molecule has 2 saturated heterocycles. The summed E-state index contributed by atoms with van der Waals surface area (Å²) in [5.41, 5.74) is 0. The van der Waals surface area contributed by atoms with Crippen molar-refractivity contribution in [3.05, 3.63) is 0 Å². The highest BCUT2D eigenvalue weighted by molar-refractivity contribution is 4.89. The summed E-state index contributed by atoms with van der Waals surface area (Å²) < 4.78 is 0. The van der Waals surface area contributed by atoms with Crippen molar-refractivity contribution in [3.8, 4) is 0 Å². The van der Waals surface area contributed by atoms with Crippen LogP contribution in [0.15, 0.2) is 0 Å². The van der Waals surface area contributed by atoms with Gasteiger partial charge in [0, 0.05) is 38.8 Å². The zero-order chi connectivity index (χ0) is 11.5. The zero-order valence-electron chi connectivity index (χ0n) is 11.1. The van der Waals surface area contributed by atoms with E-state index in [4.69, 9.17) is 0 Å². The van der Waals surface area contributed by atoms with E-state index in [0.29, 0.717) is 0 Å². The lowest BCUT2D eigenvalue weighted by Gasteiger charge is -2.34. The van der Waals surface area contributed by atoms with E-state index in [9.17, 15) is 0 Å². The molecule has 3 nitrogen and oxygen atoms in total. The lowest BCUT2D eigenvalue weighted by Crippen LogP contribution is -2.47. The van der Waals surface area contributed by atoms with Crippen LogP contribution in [-0.2, 0) is 0 Å².